The number of Topliss-reactive ketones (excluding diaryl/α,β-unsaturated/α-hetero) is 1. The molecule has 0 N–H and O–H groups in total. The summed E-state index contributed by atoms with van der Waals surface area (Å²) in [6, 6.07) is 0. The van der Waals surface area contributed by atoms with Gasteiger partial charge in [0.2, 0.25) is 5.78 Å². The number of carbonyl (C=O) groups excluding carboxylic acids is 2. The molecule has 0 saturated carbocycles. The van der Waals surface area contributed by atoms with Gasteiger partial charge in [-0.2, -0.15) is 0 Å². The SMILES string of the molecule is COC(=O)C#CC(=O)c1c(C)c(C)c(C)c(C)c1[N+](=O)[O-]. The molecular formula is C15H15NO5. The second-order valence-corrected chi connectivity index (χ2v) is 4.55. The van der Waals surface area contributed by atoms with Crippen LogP contribution in [0.3, 0.4) is 0 Å². The predicted molar refractivity (Wildman–Crippen MR) is 76.2 cm³/mol. The van der Waals surface area contributed by atoms with Crippen molar-refractivity contribution in [3.8, 4) is 11.8 Å². The number of nitro groups is 1. The number of nitrogens with zero attached hydrogens (tertiary/aromatic N) is 1. The molecule has 0 aliphatic heterocycles. The highest BCUT2D eigenvalue weighted by molar-refractivity contribution is 6.15. The van der Waals surface area contributed by atoms with Crippen molar-refractivity contribution in [3.63, 3.8) is 0 Å². The summed E-state index contributed by atoms with van der Waals surface area (Å²) in [6.07, 6.45) is 0. The van der Waals surface area contributed by atoms with Gasteiger partial charge in [0.1, 0.15) is 5.56 Å². The largest absolute Gasteiger partial charge is 0.459 e. The minimum Gasteiger partial charge on any atom is -0.459 e. The molecule has 0 radical (unpaired) electrons. The number of hydrogen-bond donors (Lipinski definition) is 0. The van der Waals surface area contributed by atoms with Gasteiger partial charge in [-0.25, -0.2) is 4.79 Å². The lowest BCUT2D eigenvalue weighted by atomic mass is 9.90. The molecule has 0 bridgehead atoms. The van der Waals surface area contributed by atoms with Crippen molar-refractivity contribution >= 4 is 17.4 Å². The molecule has 6 nitrogen and oxygen atoms in total. The summed E-state index contributed by atoms with van der Waals surface area (Å²) in [6.45, 7) is 6.76. The fourth-order valence-electron chi connectivity index (χ4n) is 2.02. The smallest absolute Gasteiger partial charge is 0.384 e. The monoisotopic (exact) mass is 289 g/mol. The van der Waals surface area contributed by atoms with Crippen LogP contribution in [0.4, 0.5) is 5.69 Å². The first kappa shape index (κ1) is 16.4. The molecule has 0 heterocycles. The van der Waals surface area contributed by atoms with Crippen molar-refractivity contribution in [2.45, 2.75) is 27.7 Å². The van der Waals surface area contributed by atoms with E-state index in [1.165, 1.54) is 0 Å². The zero-order chi connectivity index (χ0) is 16.3. The van der Waals surface area contributed by atoms with Crippen molar-refractivity contribution in [1.82, 2.24) is 0 Å². The number of benzene rings is 1. The highest BCUT2D eigenvalue weighted by atomic mass is 16.6. The Morgan fingerprint density at radius 2 is 1.52 bits per heavy atom. The van der Waals surface area contributed by atoms with Gasteiger partial charge in [-0.05, 0) is 50.3 Å². The first-order chi connectivity index (χ1) is 9.72. The zero-order valence-electron chi connectivity index (χ0n) is 12.5. The van der Waals surface area contributed by atoms with Crippen molar-refractivity contribution in [3.05, 3.63) is 37.9 Å². The van der Waals surface area contributed by atoms with E-state index in [1.54, 1.807) is 27.7 Å². The van der Waals surface area contributed by atoms with E-state index in [4.69, 9.17) is 0 Å². The molecule has 0 saturated heterocycles. The number of hydrogen-bond acceptors (Lipinski definition) is 5. The first-order valence-electron chi connectivity index (χ1n) is 6.11. The molecule has 1 aromatic rings. The van der Waals surface area contributed by atoms with Gasteiger partial charge in [0, 0.05) is 11.5 Å². The van der Waals surface area contributed by atoms with Crippen molar-refractivity contribution in [2.24, 2.45) is 0 Å². The molecule has 0 spiro atoms. The molecule has 6 heteroatoms. The van der Waals surface area contributed by atoms with Crippen LogP contribution in [-0.4, -0.2) is 23.8 Å². The van der Waals surface area contributed by atoms with E-state index in [0.29, 0.717) is 11.1 Å². The molecule has 1 aromatic carbocycles. The number of ketones is 1. The van der Waals surface area contributed by atoms with E-state index >= 15 is 0 Å². The maximum absolute atomic E-state index is 12.1. The summed E-state index contributed by atoms with van der Waals surface area (Å²) in [4.78, 5) is 33.8. The van der Waals surface area contributed by atoms with Crippen LogP contribution in [0, 0.1) is 49.7 Å². The molecule has 0 aliphatic rings. The molecule has 0 aliphatic carbocycles. The third-order valence-electron chi connectivity index (χ3n) is 3.53. The van der Waals surface area contributed by atoms with Gasteiger partial charge in [-0.1, -0.05) is 0 Å². The van der Waals surface area contributed by atoms with Gasteiger partial charge in [-0.15, -0.1) is 0 Å². The number of ether oxygens (including phenoxy) is 1. The summed E-state index contributed by atoms with van der Waals surface area (Å²) in [5.41, 5.74) is 2.13. The summed E-state index contributed by atoms with van der Waals surface area (Å²) in [7, 11) is 1.13. The van der Waals surface area contributed by atoms with E-state index in [-0.39, 0.29) is 11.3 Å². The average Bonchev–Trinajstić information content (AvgIpc) is 2.45. The van der Waals surface area contributed by atoms with Gasteiger partial charge >= 0.3 is 5.97 Å². The molecule has 0 fully saturated rings. The Morgan fingerprint density at radius 3 is 2.00 bits per heavy atom. The standard InChI is InChI=1S/C15H15NO5/c1-8-9(2)11(4)15(16(19)20)14(10(8)3)12(17)6-7-13(18)21-5/h1-5H3. The molecule has 0 amide bonds. The Balaban J connectivity index is 3.61. The zero-order valence-corrected chi connectivity index (χ0v) is 12.5. The fraction of sp³-hybridized carbons (Fsp3) is 0.333. The number of rotatable bonds is 2. The molecule has 1 rings (SSSR count). The normalized spacial score (nSPS) is 9.57. The number of carbonyl (C=O) groups is 2. The summed E-state index contributed by atoms with van der Waals surface area (Å²) >= 11 is 0. The Hall–Kier alpha value is -2.68. The summed E-state index contributed by atoms with van der Waals surface area (Å²) in [5, 5.41) is 11.3. The van der Waals surface area contributed by atoms with Crippen molar-refractivity contribution in [1.29, 1.82) is 0 Å². The van der Waals surface area contributed by atoms with Gasteiger partial charge in [0.15, 0.2) is 0 Å². The van der Waals surface area contributed by atoms with Gasteiger partial charge in [-0.3, -0.25) is 14.9 Å². The highest BCUT2D eigenvalue weighted by Crippen LogP contribution is 2.32. The minimum absolute atomic E-state index is 0.0722. The molecule has 21 heavy (non-hydrogen) atoms. The Morgan fingerprint density at radius 1 is 1.00 bits per heavy atom. The first-order valence-corrected chi connectivity index (χ1v) is 6.11. The second-order valence-electron chi connectivity index (χ2n) is 4.55. The van der Waals surface area contributed by atoms with Crippen molar-refractivity contribution in [2.75, 3.05) is 7.11 Å². The lowest BCUT2D eigenvalue weighted by Crippen LogP contribution is -2.10. The van der Waals surface area contributed by atoms with Crippen LogP contribution >= 0.6 is 0 Å². The Kier molecular flexibility index (Phi) is 4.82. The van der Waals surface area contributed by atoms with E-state index in [2.05, 4.69) is 10.7 Å². The van der Waals surface area contributed by atoms with E-state index < -0.39 is 16.7 Å². The van der Waals surface area contributed by atoms with Gasteiger partial charge in [0.25, 0.3) is 5.69 Å². The van der Waals surface area contributed by atoms with E-state index in [0.717, 1.165) is 18.2 Å². The third kappa shape index (κ3) is 3.08. The van der Waals surface area contributed by atoms with Crippen LogP contribution in [-0.2, 0) is 9.53 Å². The van der Waals surface area contributed by atoms with Crippen LogP contribution in [0.15, 0.2) is 0 Å². The number of esters is 1. The third-order valence-corrected chi connectivity index (χ3v) is 3.53. The quantitative estimate of drug-likeness (QED) is 0.158. The Bertz CT molecular complexity index is 707. The lowest BCUT2D eigenvalue weighted by molar-refractivity contribution is -0.385. The molecule has 110 valence electrons. The van der Waals surface area contributed by atoms with E-state index in [1.807, 2.05) is 5.92 Å². The van der Waals surface area contributed by atoms with E-state index in [9.17, 15) is 19.7 Å². The Labute approximate surface area is 122 Å². The van der Waals surface area contributed by atoms with Crippen LogP contribution in [0.1, 0.15) is 32.6 Å². The number of methoxy groups -OCH3 is 1. The van der Waals surface area contributed by atoms with Crippen LogP contribution in [0.5, 0.6) is 0 Å². The summed E-state index contributed by atoms with van der Waals surface area (Å²) < 4.78 is 4.31. The fourth-order valence-corrected chi connectivity index (χ4v) is 2.02. The van der Waals surface area contributed by atoms with Crippen LogP contribution in [0.25, 0.3) is 0 Å². The lowest BCUT2D eigenvalue weighted by Gasteiger charge is -2.13. The topological polar surface area (TPSA) is 86.5 Å². The summed E-state index contributed by atoms with van der Waals surface area (Å²) in [5.74, 6) is 2.45. The van der Waals surface area contributed by atoms with Crippen molar-refractivity contribution < 1.29 is 19.2 Å². The number of nitro benzene ring substituents is 1. The van der Waals surface area contributed by atoms with Gasteiger partial charge in [0.05, 0.1) is 12.0 Å². The molecular weight excluding hydrogens is 274 g/mol. The predicted octanol–water partition coefficient (Wildman–Crippen LogP) is 2.19. The van der Waals surface area contributed by atoms with Crippen LogP contribution in [0.2, 0.25) is 0 Å². The highest BCUT2D eigenvalue weighted by Gasteiger charge is 2.27. The maximum Gasteiger partial charge on any atom is 0.384 e. The van der Waals surface area contributed by atoms with Gasteiger partial charge < -0.3 is 4.74 Å². The maximum atomic E-state index is 12.1. The molecule has 0 aromatic heterocycles. The minimum atomic E-state index is -0.871. The second kappa shape index (κ2) is 6.18. The average molecular weight is 289 g/mol. The molecule has 0 unspecified atom stereocenters. The molecule has 0 atom stereocenters. The van der Waals surface area contributed by atoms with Crippen LogP contribution < -0.4 is 0 Å².